The number of benzene rings is 1. The minimum atomic E-state index is -0.493. The number of hydrogen-bond acceptors (Lipinski definition) is 5. The number of aromatic nitrogens is 1. The lowest BCUT2D eigenvalue weighted by Gasteiger charge is -2.34. The van der Waals surface area contributed by atoms with Crippen LogP contribution in [0.15, 0.2) is 18.2 Å². The largest absolute Gasteiger partial charge is 0.497 e. The standard InChI is InChI=1S/C21H29N3O4/c1-5-28-21(26)19-18(16-12-15(27-4)6-7-17(16)22-19)23-20(25)14(3)24-10-8-13(2)9-11-24/h6-7,12-14,22H,5,8-11H2,1-4H3,(H,23,25)/t14-/m1/s1. The van der Waals surface area contributed by atoms with Gasteiger partial charge < -0.3 is 19.8 Å². The predicted molar refractivity (Wildman–Crippen MR) is 109 cm³/mol. The third-order valence-electron chi connectivity index (χ3n) is 5.48. The first-order valence-corrected chi connectivity index (χ1v) is 9.86. The molecular weight excluding hydrogens is 358 g/mol. The van der Waals surface area contributed by atoms with E-state index in [4.69, 9.17) is 9.47 Å². The summed E-state index contributed by atoms with van der Waals surface area (Å²) in [5.41, 5.74) is 1.42. The second-order valence-corrected chi connectivity index (χ2v) is 7.39. The van der Waals surface area contributed by atoms with Gasteiger partial charge in [-0.05, 0) is 63.9 Å². The van der Waals surface area contributed by atoms with E-state index in [2.05, 4.69) is 22.1 Å². The molecule has 1 aromatic heterocycles. The van der Waals surface area contributed by atoms with Gasteiger partial charge in [-0.2, -0.15) is 0 Å². The van der Waals surface area contributed by atoms with Crippen LogP contribution in [0, 0.1) is 5.92 Å². The Morgan fingerprint density at radius 3 is 2.68 bits per heavy atom. The zero-order chi connectivity index (χ0) is 20.3. The molecule has 0 bridgehead atoms. The topological polar surface area (TPSA) is 83.7 Å². The summed E-state index contributed by atoms with van der Waals surface area (Å²) in [4.78, 5) is 30.7. The van der Waals surface area contributed by atoms with Gasteiger partial charge in [-0.25, -0.2) is 4.79 Å². The number of aromatic amines is 1. The number of likely N-dealkylation sites (tertiary alicyclic amines) is 1. The third kappa shape index (κ3) is 4.14. The summed E-state index contributed by atoms with van der Waals surface area (Å²) in [7, 11) is 1.58. The fourth-order valence-electron chi connectivity index (χ4n) is 3.59. The molecular formula is C21H29N3O4. The van der Waals surface area contributed by atoms with Crippen LogP contribution in [0.1, 0.15) is 44.1 Å². The maximum absolute atomic E-state index is 13.0. The van der Waals surface area contributed by atoms with Gasteiger partial charge in [0.15, 0.2) is 0 Å². The molecule has 1 aliphatic heterocycles. The van der Waals surface area contributed by atoms with Gasteiger partial charge in [-0.3, -0.25) is 9.69 Å². The Hall–Kier alpha value is -2.54. The van der Waals surface area contributed by atoms with Crippen molar-refractivity contribution in [2.45, 2.75) is 39.7 Å². The van der Waals surface area contributed by atoms with Crippen LogP contribution >= 0.6 is 0 Å². The molecule has 0 spiro atoms. The van der Waals surface area contributed by atoms with E-state index in [0.29, 0.717) is 17.4 Å². The molecule has 1 fully saturated rings. The second-order valence-electron chi connectivity index (χ2n) is 7.39. The minimum Gasteiger partial charge on any atom is -0.497 e. The zero-order valence-electron chi connectivity index (χ0n) is 17.0. The number of H-pyrrole nitrogens is 1. The van der Waals surface area contributed by atoms with Gasteiger partial charge in [0, 0.05) is 10.9 Å². The van der Waals surface area contributed by atoms with Crippen LogP contribution in [0.2, 0.25) is 0 Å². The molecule has 2 N–H and O–H groups in total. The first-order chi connectivity index (χ1) is 13.4. The van der Waals surface area contributed by atoms with Crippen LogP contribution in [0.4, 0.5) is 5.69 Å². The van der Waals surface area contributed by atoms with Crippen LogP contribution in [0.25, 0.3) is 10.9 Å². The van der Waals surface area contributed by atoms with Crippen molar-refractivity contribution in [3.8, 4) is 5.75 Å². The maximum atomic E-state index is 13.0. The highest BCUT2D eigenvalue weighted by atomic mass is 16.5. The summed E-state index contributed by atoms with van der Waals surface area (Å²) in [6, 6.07) is 5.15. The Kier molecular flexibility index (Phi) is 6.24. The number of nitrogens with zero attached hydrogens (tertiary/aromatic N) is 1. The number of methoxy groups -OCH3 is 1. The molecule has 28 heavy (non-hydrogen) atoms. The average Bonchev–Trinajstić information content (AvgIpc) is 3.05. The van der Waals surface area contributed by atoms with Gasteiger partial charge >= 0.3 is 5.97 Å². The Morgan fingerprint density at radius 1 is 1.32 bits per heavy atom. The van der Waals surface area contributed by atoms with E-state index in [1.165, 1.54) is 0 Å². The van der Waals surface area contributed by atoms with Crippen molar-refractivity contribution in [1.82, 2.24) is 9.88 Å². The van der Waals surface area contributed by atoms with Crippen LogP contribution in [0.5, 0.6) is 5.75 Å². The molecule has 7 heteroatoms. The van der Waals surface area contributed by atoms with Gasteiger partial charge in [-0.15, -0.1) is 0 Å². The lowest BCUT2D eigenvalue weighted by Crippen LogP contribution is -2.45. The van der Waals surface area contributed by atoms with E-state index in [9.17, 15) is 9.59 Å². The number of fused-ring (bicyclic) bond motifs is 1. The van der Waals surface area contributed by atoms with E-state index in [0.717, 1.165) is 36.8 Å². The van der Waals surface area contributed by atoms with Crippen molar-refractivity contribution in [2.75, 3.05) is 32.1 Å². The van der Waals surface area contributed by atoms with Crippen molar-refractivity contribution in [2.24, 2.45) is 5.92 Å². The molecule has 0 radical (unpaired) electrons. The zero-order valence-corrected chi connectivity index (χ0v) is 17.0. The highest BCUT2D eigenvalue weighted by molar-refractivity contribution is 6.12. The quantitative estimate of drug-likeness (QED) is 0.742. The van der Waals surface area contributed by atoms with Crippen molar-refractivity contribution in [3.63, 3.8) is 0 Å². The molecule has 152 valence electrons. The first-order valence-electron chi connectivity index (χ1n) is 9.86. The number of piperidine rings is 1. The Bertz CT molecular complexity index is 853. The minimum absolute atomic E-state index is 0.135. The van der Waals surface area contributed by atoms with Crippen molar-refractivity contribution in [3.05, 3.63) is 23.9 Å². The Morgan fingerprint density at radius 2 is 2.04 bits per heavy atom. The molecule has 2 heterocycles. The molecule has 1 atom stereocenters. The SMILES string of the molecule is CCOC(=O)c1[nH]c2ccc(OC)cc2c1NC(=O)[C@@H](C)N1CCC(C)CC1. The van der Waals surface area contributed by atoms with Crippen molar-refractivity contribution in [1.29, 1.82) is 0 Å². The number of ether oxygens (including phenoxy) is 2. The summed E-state index contributed by atoms with van der Waals surface area (Å²) < 4.78 is 10.5. The van der Waals surface area contributed by atoms with E-state index in [1.54, 1.807) is 26.2 Å². The molecule has 1 aliphatic rings. The first kappa shape index (κ1) is 20.2. The van der Waals surface area contributed by atoms with E-state index in [1.807, 2.05) is 13.0 Å². The second kappa shape index (κ2) is 8.65. The predicted octanol–water partition coefficient (Wildman–Crippen LogP) is 3.41. The summed E-state index contributed by atoms with van der Waals surface area (Å²) in [5, 5.41) is 3.68. The smallest absolute Gasteiger partial charge is 0.356 e. The third-order valence-corrected chi connectivity index (χ3v) is 5.48. The summed E-state index contributed by atoms with van der Waals surface area (Å²) in [5.74, 6) is 0.717. The van der Waals surface area contributed by atoms with E-state index < -0.39 is 5.97 Å². The molecule has 1 saturated heterocycles. The van der Waals surface area contributed by atoms with Gasteiger partial charge in [0.1, 0.15) is 11.4 Å². The number of anilines is 1. The van der Waals surface area contributed by atoms with E-state index >= 15 is 0 Å². The van der Waals surface area contributed by atoms with Gasteiger partial charge in [0.25, 0.3) is 0 Å². The molecule has 0 unspecified atom stereocenters. The van der Waals surface area contributed by atoms with Crippen LogP contribution < -0.4 is 10.1 Å². The van der Waals surface area contributed by atoms with Gasteiger partial charge in [0.05, 0.1) is 25.4 Å². The number of hydrogen-bond donors (Lipinski definition) is 2. The lowest BCUT2D eigenvalue weighted by molar-refractivity contribution is -0.121. The Labute approximate surface area is 165 Å². The van der Waals surface area contributed by atoms with Crippen molar-refractivity contribution >= 4 is 28.5 Å². The number of carbonyl (C=O) groups is 2. The summed E-state index contributed by atoms with van der Waals surface area (Å²) >= 11 is 0. The molecule has 2 aromatic rings. The summed E-state index contributed by atoms with van der Waals surface area (Å²) in [6.07, 6.45) is 2.19. The number of rotatable bonds is 6. The fraction of sp³-hybridized carbons (Fsp3) is 0.524. The highest BCUT2D eigenvalue weighted by Crippen LogP contribution is 2.32. The fourth-order valence-corrected chi connectivity index (χ4v) is 3.59. The lowest BCUT2D eigenvalue weighted by atomic mass is 9.98. The van der Waals surface area contributed by atoms with Crippen LogP contribution in [0.3, 0.4) is 0 Å². The Balaban J connectivity index is 1.90. The van der Waals surface area contributed by atoms with E-state index in [-0.39, 0.29) is 24.2 Å². The summed E-state index contributed by atoms with van der Waals surface area (Å²) in [6.45, 7) is 7.97. The van der Waals surface area contributed by atoms with Gasteiger partial charge in [0.2, 0.25) is 5.91 Å². The number of esters is 1. The average molecular weight is 387 g/mol. The van der Waals surface area contributed by atoms with Crippen molar-refractivity contribution < 1.29 is 19.1 Å². The maximum Gasteiger partial charge on any atom is 0.356 e. The van der Waals surface area contributed by atoms with Gasteiger partial charge in [-0.1, -0.05) is 6.92 Å². The monoisotopic (exact) mass is 387 g/mol. The molecule has 1 amide bonds. The highest BCUT2D eigenvalue weighted by Gasteiger charge is 2.28. The molecule has 3 rings (SSSR count). The number of amides is 1. The molecule has 1 aromatic carbocycles. The molecule has 0 saturated carbocycles. The number of nitrogens with one attached hydrogen (secondary N) is 2. The molecule has 0 aliphatic carbocycles. The van der Waals surface area contributed by atoms with Crippen LogP contribution in [-0.4, -0.2) is 54.6 Å². The molecule has 7 nitrogen and oxygen atoms in total. The number of carbonyl (C=O) groups excluding carboxylic acids is 2. The van der Waals surface area contributed by atoms with Crippen LogP contribution in [-0.2, 0) is 9.53 Å². The normalized spacial score (nSPS) is 16.7.